The molecule has 17 heteroatoms. The lowest BCUT2D eigenvalue weighted by Crippen LogP contribution is -3.00. The molecule has 0 unspecified atom stereocenters. The second-order valence-corrected chi connectivity index (χ2v) is 12.3. The molecule has 224 valence electrons. The summed E-state index contributed by atoms with van der Waals surface area (Å²) in [6.07, 6.45) is 4.42. The van der Waals surface area contributed by atoms with Gasteiger partial charge in [0.15, 0.2) is 24.5 Å². The van der Waals surface area contributed by atoms with Crippen molar-refractivity contribution >= 4 is 42.1 Å². The van der Waals surface area contributed by atoms with Crippen molar-refractivity contribution in [3.63, 3.8) is 0 Å². The molecule has 12 nitrogen and oxygen atoms in total. The van der Waals surface area contributed by atoms with Crippen molar-refractivity contribution in [3.8, 4) is 0 Å². The number of nitrogens with zero attached hydrogens (tertiary/aromatic N) is 6. The summed E-state index contributed by atoms with van der Waals surface area (Å²) in [5.74, 6) is 2.18. The van der Waals surface area contributed by atoms with Crippen LogP contribution in [0, 0.1) is 27.7 Å². The Labute approximate surface area is 259 Å². The Morgan fingerprint density at radius 1 is 0.805 bits per heavy atom. The molecule has 5 N–H and O–H groups in total. The molecule has 0 fully saturated rings. The number of phosphoric ester groups is 1. The van der Waals surface area contributed by atoms with Crippen LogP contribution in [0.25, 0.3) is 0 Å². The van der Waals surface area contributed by atoms with Crippen LogP contribution in [0.4, 0.5) is 11.6 Å². The number of nitrogens with two attached hydrogens (primary N) is 2. The van der Waals surface area contributed by atoms with E-state index in [9.17, 15) is 9.46 Å². The molecule has 0 radical (unpaired) electrons. The molecule has 0 aromatic carbocycles. The number of thiazole rings is 2. The quantitative estimate of drug-likeness (QED) is 0.102. The zero-order valence-corrected chi connectivity index (χ0v) is 27.1. The summed E-state index contributed by atoms with van der Waals surface area (Å²) in [5.41, 5.74) is 19.7. The molecule has 0 amide bonds. The first-order valence-corrected chi connectivity index (χ1v) is 15.5. The van der Waals surface area contributed by atoms with E-state index < -0.39 is 7.82 Å². The number of anilines is 2. The topological polar surface area (TPSA) is 167 Å². The minimum Gasteiger partial charge on any atom is -1.00 e. The first-order chi connectivity index (χ1) is 18.5. The minimum absolute atomic E-state index is 0. The number of phosphoric acid groups is 1. The normalized spacial score (nSPS) is 11.2. The Morgan fingerprint density at radius 3 is 1.56 bits per heavy atom. The van der Waals surface area contributed by atoms with Gasteiger partial charge in [0, 0.05) is 39.1 Å². The van der Waals surface area contributed by atoms with Gasteiger partial charge in [0.05, 0.1) is 34.1 Å². The second kappa shape index (κ2) is 15.3. The van der Waals surface area contributed by atoms with Crippen LogP contribution in [0.1, 0.15) is 43.9 Å². The van der Waals surface area contributed by atoms with E-state index in [4.69, 9.17) is 20.5 Å². The molecule has 0 aliphatic rings. The number of rotatable bonds is 12. The number of aryl methyl sites for hydroxylation is 2. The Bertz CT molecular complexity index is 1410. The molecule has 0 saturated carbocycles. The van der Waals surface area contributed by atoms with Gasteiger partial charge in [-0.2, -0.15) is 9.13 Å². The maximum atomic E-state index is 12.4. The van der Waals surface area contributed by atoms with Crippen LogP contribution in [0.5, 0.6) is 0 Å². The van der Waals surface area contributed by atoms with Crippen molar-refractivity contribution in [2.45, 2.75) is 53.6 Å². The largest absolute Gasteiger partial charge is 1.00 e. The lowest BCUT2D eigenvalue weighted by molar-refractivity contribution is -0.689. The van der Waals surface area contributed by atoms with Crippen molar-refractivity contribution in [2.24, 2.45) is 0 Å². The fraction of sp³-hybridized carbons (Fsp3) is 0.417. The SMILES string of the molecule is Cc1ncc(C[n+]2csc(CCOP(=O)(O)OCCc3sc[n+](Cc4cnc(C)nc4N)c3C)c2C)c(N)n1.[Cl-].[Cl-]. The van der Waals surface area contributed by atoms with E-state index in [0.29, 0.717) is 49.2 Å². The molecule has 4 heterocycles. The van der Waals surface area contributed by atoms with E-state index in [1.807, 2.05) is 24.9 Å². The third-order valence-corrected chi connectivity index (χ3v) is 9.50. The van der Waals surface area contributed by atoms with Gasteiger partial charge in [-0.1, -0.05) is 22.7 Å². The molecule has 41 heavy (non-hydrogen) atoms. The molecule has 4 aromatic heterocycles. The third kappa shape index (κ3) is 9.35. The molecule has 4 rings (SSSR count). The first kappa shape index (κ1) is 34.9. The van der Waals surface area contributed by atoms with Crippen LogP contribution in [0.3, 0.4) is 0 Å². The molecule has 0 saturated heterocycles. The van der Waals surface area contributed by atoms with E-state index >= 15 is 0 Å². The molecule has 0 aliphatic carbocycles. The Morgan fingerprint density at radius 2 is 1.20 bits per heavy atom. The summed E-state index contributed by atoms with van der Waals surface area (Å²) in [6.45, 7) is 8.78. The Hall–Kier alpha value is -2.29. The zero-order chi connectivity index (χ0) is 28.2. The van der Waals surface area contributed by atoms with Crippen molar-refractivity contribution in [3.05, 3.63) is 67.3 Å². The van der Waals surface area contributed by atoms with Gasteiger partial charge in [0.1, 0.15) is 23.3 Å². The number of aromatic nitrogens is 6. The summed E-state index contributed by atoms with van der Waals surface area (Å²) in [5, 5.41) is 0. The van der Waals surface area contributed by atoms with E-state index in [0.717, 1.165) is 32.3 Å². The van der Waals surface area contributed by atoms with E-state index in [1.165, 1.54) is 0 Å². The molecule has 4 aromatic rings. The van der Waals surface area contributed by atoms with Crippen LogP contribution < -0.4 is 45.4 Å². The van der Waals surface area contributed by atoms with Gasteiger partial charge in [-0.15, -0.1) is 0 Å². The van der Waals surface area contributed by atoms with E-state index in [1.54, 1.807) is 48.9 Å². The standard InChI is InChI=1S/C24H32N8O4PS2.2ClH/c1-15-21(38-13-31(15)11-19-9-27-17(3)29-23(19)25)5-7-35-37(33,34)36-8-6-22-16(2)32(14-39-22)12-20-10-28-18(4)30-24(20)26;;/h9-10,13-14H,5-8,11-12H2,1-4H3,(H4-,25,26,27,28,29,30,33,34);2*1H/q+1;;/p-1. The molecule has 0 spiro atoms. The number of halogens is 2. The van der Waals surface area contributed by atoms with Gasteiger partial charge in [0.2, 0.25) is 11.0 Å². The Kier molecular flexibility index (Phi) is 13.0. The van der Waals surface area contributed by atoms with Crippen molar-refractivity contribution in [2.75, 3.05) is 24.7 Å². The molecular formula is C24H33Cl2N8O4PS2. The number of hydrogen-bond donors (Lipinski definition) is 3. The number of hydrogen-bond acceptors (Lipinski definition) is 11. The average molecular weight is 664 g/mol. The van der Waals surface area contributed by atoms with Crippen LogP contribution in [0.15, 0.2) is 23.4 Å². The highest BCUT2D eigenvalue weighted by molar-refractivity contribution is 7.47. The Balaban J connectivity index is 0.00000294. The third-order valence-electron chi connectivity index (χ3n) is 6.20. The first-order valence-electron chi connectivity index (χ1n) is 12.2. The highest BCUT2D eigenvalue weighted by atomic mass is 35.5. The maximum absolute atomic E-state index is 12.4. The van der Waals surface area contributed by atoms with Gasteiger partial charge in [-0.05, 0) is 13.8 Å². The van der Waals surface area contributed by atoms with E-state index in [2.05, 4.69) is 29.1 Å². The highest BCUT2D eigenvalue weighted by Gasteiger charge is 2.24. The zero-order valence-electron chi connectivity index (χ0n) is 23.1. The summed E-state index contributed by atoms with van der Waals surface area (Å²) < 4.78 is 27.0. The summed E-state index contributed by atoms with van der Waals surface area (Å²) in [6, 6.07) is 0. The van der Waals surface area contributed by atoms with E-state index in [-0.39, 0.29) is 38.0 Å². The molecule has 0 atom stereocenters. The van der Waals surface area contributed by atoms with Gasteiger partial charge in [-0.25, -0.2) is 24.5 Å². The van der Waals surface area contributed by atoms with Crippen LogP contribution >= 0.6 is 30.5 Å². The van der Waals surface area contributed by atoms with Gasteiger partial charge in [0.25, 0.3) is 0 Å². The van der Waals surface area contributed by atoms with Crippen molar-refractivity contribution < 1.29 is 52.5 Å². The lowest BCUT2D eigenvalue weighted by Gasteiger charge is -2.11. The van der Waals surface area contributed by atoms with Crippen LogP contribution in [-0.4, -0.2) is 38.0 Å². The molecule has 0 aliphatic heterocycles. The predicted molar refractivity (Wildman–Crippen MR) is 148 cm³/mol. The van der Waals surface area contributed by atoms with Gasteiger partial charge >= 0.3 is 7.82 Å². The second-order valence-electron chi connectivity index (χ2n) is 9.01. The number of nitrogen functional groups attached to an aromatic ring is 2. The summed E-state index contributed by atoms with van der Waals surface area (Å²) >= 11 is 3.10. The fourth-order valence-corrected chi connectivity index (χ4v) is 6.55. The summed E-state index contributed by atoms with van der Waals surface area (Å²) in [7, 11) is -4.19. The smallest absolute Gasteiger partial charge is 0.472 e. The minimum atomic E-state index is -4.19. The lowest BCUT2D eigenvalue weighted by atomic mass is 10.2. The van der Waals surface area contributed by atoms with Gasteiger partial charge < -0.3 is 41.2 Å². The summed E-state index contributed by atoms with van der Waals surface area (Å²) in [4.78, 5) is 29.1. The monoisotopic (exact) mass is 662 g/mol. The highest BCUT2D eigenvalue weighted by Crippen LogP contribution is 2.43. The molecular weight excluding hydrogens is 630 g/mol. The van der Waals surface area contributed by atoms with Gasteiger partial charge in [-0.3, -0.25) is 9.05 Å². The van der Waals surface area contributed by atoms with Crippen molar-refractivity contribution in [1.29, 1.82) is 0 Å². The van der Waals surface area contributed by atoms with Crippen LogP contribution in [0.2, 0.25) is 0 Å². The maximum Gasteiger partial charge on any atom is 0.472 e. The fourth-order valence-electron chi connectivity index (χ4n) is 3.88. The predicted octanol–water partition coefficient (Wildman–Crippen LogP) is -3.61. The van der Waals surface area contributed by atoms with Crippen molar-refractivity contribution in [1.82, 2.24) is 19.9 Å². The average Bonchev–Trinajstić information content (AvgIpc) is 3.39. The van der Waals surface area contributed by atoms with Crippen LogP contribution in [-0.2, 0) is 39.5 Å². The molecule has 0 bridgehead atoms.